The Labute approximate surface area is 112 Å². The van der Waals surface area contributed by atoms with Gasteiger partial charge in [-0.05, 0) is 12.1 Å². The quantitative estimate of drug-likeness (QED) is 0.649. The van der Waals surface area contributed by atoms with Gasteiger partial charge in [0, 0.05) is 25.4 Å². The topological polar surface area (TPSA) is 107 Å². The minimum absolute atomic E-state index is 0.0404. The van der Waals surface area contributed by atoms with Crippen molar-refractivity contribution >= 4 is 5.69 Å². The normalized spacial score (nSPS) is 10.2. The molecule has 1 aromatic heterocycles. The van der Waals surface area contributed by atoms with E-state index in [1.807, 2.05) is 0 Å². The van der Waals surface area contributed by atoms with E-state index in [2.05, 4.69) is 4.98 Å². The summed E-state index contributed by atoms with van der Waals surface area (Å²) in [5, 5.41) is 10.5. The highest BCUT2D eigenvalue weighted by Gasteiger charge is 2.06. The lowest BCUT2D eigenvalue weighted by atomic mass is 10.3. The lowest BCUT2D eigenvalue weighted by Crippen LogP contribution is -2.30. The molecule has 0 aliphatic rings. The van der Waals surface area contributed by atoms with Gasteiger partial charge in [0.2, 0.25) is 0 Å². The van der Waals surface area contributed by atoms with Crippen LogP contribution in [-0.2, 0) is 13.7 Å². The Balaban J connectivity index is 2.13. The Morgan fingerprint density at radius 3 is 2.55 bits per heavy atom. The standard InChI is InChI=1S/C12H11N3O5/c1-14-6-8(11(16)13-12(14)17)7-20-10-4-2-9(3-5-10)15(18)19/h2-6H,7H2,1H3,(H,13,16,17). The predicted molar refractivity (Wildman–Crippen MR) is 69.7 cm³/mol. The van der Waals surface area contributed by atoms with Crippen molar-refractivity contribution in [3.8, 4) is 5.75 Å². The lowest BCUT2D eigenvalue weighted by Gasteiger charge is -2.06. The van der Waals surface area contributed by atoms with Crippen LogP contribution in [-0.4, -0.2) is 14.5 Å². The highest BCUT2D eigenvalue weighted by Crippen LogP contribution is 2.17. The summed E-state index contributed by atoms with van der Waals surface area (Å²) in [5.41, 5.74) is -0.785. The monoisotopic (exact) mass is 277 g/mol. The van der Waals surface area contributed by atoms with Crippen molar-refractivity contribution < 1.29 is 9.66 Å². The van der Waals surface area contributed by atoms with Gasteiger partial charge in [0.05, 0.1) is 10.5 Å². The van der Waals surface area contributed by atoms with E-state index < -0.39 is 16.2 Å². The SMILES string of the molecule is Cn1cc(COc2ccc([N+](=O)[O-])cc2)c(=O)[nH]c1=O. The van der Waals surface area contributed by atoms with Gasteiger partial charge in [-0.2, -0.15) is 0 Å². The number of benzene rings is 1. The minimum Gasteiger partial charge on any atom is -0.489 e. The number of nitro groups is 1. The predicted octanol–water partition coefficient (Wildman–Crippen LogP) is 0.561. The van der Waals surface area contributed by atoms with E-state index in [0.717, 1.165) is 0 Å². The number of aromatic nitrogens is 2. The highest BCUT2D eigenvalue weighted by atomic mass is 16.6. The Morgan fingerprint density at radius 1 is 1.30 bits per heavy atom. The van der Waals surface area contributed by atoms with E-state index in [-0.39, 0.29) is 17.9 Å². The molecule has 20 heavy (non-hydrogen) atoms. The van der Waals surface area contributed by atoms with Crippen molar-refractivity contribution in [2.75, 3.05) is 0 Å². The number of hydrogen-bond acceptors (Lipinski definition) is 5. The first-order valence-electron chi connectivity index (χ1n) is 5.63. The molecule has 0 fully saturated rings. The molecule has 2 aromatic rings. The number of nitrogens with zero attached hydrogens (tertiary/aromatic N) is 2. The van der Waals surface area contributed by atoms with E-state index in [4.69, 9.17) is 4.74 Å². The van der Waals surface area contributed by atoms with E-state index >= 15 is 0 Å². The molecule has 1 aromatic carbocycles. The van der Waals surface area contributed by atoms with Gasteiger partial charge in [-0.1, -0.05) is 0 Å². The number of hydrogen-bond donors (Lipinski definition) is 1. The molecular weight excluding hydrogens is 266 g/mol. The van der Waals surface area contributed by atoms with E-state index in [9.17, 15) is 19.7 Å². The smallest absolute Gasteiger partial charge is 0.328 e. The van der Waals surface area contributed by atoms with Crippen LogP contribution in [0.25, 0.3) is 0 Å². The largest absolute Gasteiger partial charge is 0.489 e. The average Bonchev–Trinajstić information content (AvgIpc) is 2.42. The van der Waals surface area contributed by atoms with Gasteiger partial charge in [-0.3, -0.25) is 19.9 Å². The van der Waals surface area contributed by atoms with Crippen LogP contribution in [0.3, 0.4) is 0 Å². The average molecular weight is 277 g/mol. The minimum atomic E-state index is -0.519. The molecule has 0 saturated carbocycles. The van der Waals surface area contributed by atoms with Gasteiger partial charge in [0.1, 0.15) is 12.4 Å². The van der Waals surface area contributed by atoms with Crippen LogP contribution in [0, 0.1) is 10.1 Å². The third-order valence-electron chi connectivity index (χ3n) is 2.62. The summed E-state index contributed by atoms with van der Waals surface area (Å²) >= 11 is 0. The van der Waals surface area contributed by atoms with Crippen LogP contribution < -0.4 is 16.0 Å². The number of nitro benzene ring substituents is 1. The fraction of sp³-hybridized carbons (Fsp3) is 0.167. The summed E-state index contributed by atoms with van der Waals surface area (Å²) in [7, 11) is 1.51. The number of nitrogens with one attached hydrogen (secondary N) is 1. The molecule has 0 radical (unpaired) electrons. The Hall–Kier alpha value is -2.90. The molecule has 0 unspecified atom stereocenters. The Kier molecular flexibility index (Phi) is 3.65. The first kappa shape index (κ1) is 13.5. The van der Waals surface area contributed by atoms with Gasteiger partial charge in [0.25, 0.3) is 11.2 Å². The maximum absolute atomic E-state index is 11.5. The zero-order valence-corrected chi connectivity index (χ0v) is 10.5. The molecule has 0 aliphatic carbocycles. The Bertz CT molecular complexity index is 745. The van der Waals surface area contributed by atoms with Crippen LogP contribution in [0.1, 0.15) is 5.56 Å². The fourth-order valence-corrected chi connectivity index (χ4v) is 1.54. The van der Waals surface area contributed by atoms with Crippen LogP contribution in [0.15, 0.2) is 40.1 Å². The molecule has 0 bridgehead atoms. The molecule has 1 heterocycles. The van der Waals surface area contributed by atoms with Gasteiger partial charge in [0.15, 0.2) is 0 Å². The van der Waals surface area contributed by atoms with Crippen LogP contribution in [0.4, 0.5) is 5.69 Å². The molecular formula is C12H11N3O5. The van der Waals surface area contributed by atoms with Gasteiger partial charge >= 0.3 is 5.69 Å². The first-order valence-corrected chi connectivity index (χ1v) is 5.63. The molecule has 2 rings (SSSR count). The second-order valence-corrected chi connectivity index (χ2v) is 4.06. The molecule has 8 heteroatoms. The number of H-pyrrole nitrogens is 1. The van der Waals surface area contributed by atoms with Gasteiger partial charge < -0.3 is 9.30 Å². The molecule has 104 valence electrons. The van der Waals surface area contributed by atoms with Gasteiger partial charge in [-0.15, -0.1) is 0 Å². The van der Waals surface area contributed by atoms with Crippen LogP contribution in [0.2, 0.25) is 0 Å². The van der Waals surface area contributed by atoms with E-state index in [1.165, 1.54) is 42.1 Å². The maximum atomic E-state index is 11.5. The molecule has 0 atom stereocenters. The second-order valence-electron chi connectivity index (χ2n) is 4.06. The molecule has 0 saturated heterocycles. The van der Waals surface area contributed by atoms with Crippen molar-refractivity contribution in [2.24, 2.45) is 7.05 Å². The molecule has 0 aliphatic heterocycles. The summed E-state index contributed by atoms with van der Waals surface area (Å²) in [5.74, 6) is 0.392. The van der Waals surface area contributed by atoms with Crippen molar-refractivity contribution in [3.05, 3.63) is 67.0 Å². The molecule has 8 nitrogen and oxygen atoms in total. The van der Waals surface area contributed by atoms with Gasteiger partial charge in [-0.25, -0.2) is 4.79 Å². The lowest BCUT2D eigenvalue weighted by molar-refractivity contribution is -0.384. The number of non-ortho nitro benzene ring substituents is 1. The van der Waals surface area contributed by atoms with E-state index in [0.29, 0.717) is 5.75 Å². The van der Waals surface area contributed by atoms with Crippen molar-refractivity contribution in [1.82, 2.24) is 9.55 Å². The second kappa shape index (κ2) is 5.39. The summed E-state index contributed by atoms with van der Waals surface area (Å²) < 4.78 is 6.58. The number of rotatable bonds is 4. The zero-order valence-electron chi connectivity index (χ0n) is 10.5. The van der Waals surface area contributed by atoms with E-state index in [1.54, 1.807) is 0 Å². The first-order chi connectivity index (χ1) is 9.47. The number of ether oxygens (including phenoxy) is 1. The van der Waals surface area contributed by atoms with Crippen LogP contribution in [0.5, 0.6) is 5.75 Å². The summed E-state index contributed by atoms with van der Waals surface area (Å²) in [6.07, 6.45) is 1.38. The summed E-state index contributed by atoms with van der Waals surface area (Å²) in [6, 6.07) is 5.49. The van der Waals surface area contributed by atoms with Crippen molar-refractivity contribution in [2.45, 2.75) is 6.61 Å². The summed E-state index contributed by atoms with van der Waals surface area (Å²) in [6.45, 7) is -0.0404. The number of aryl methyl sites for hydroxylation is 1. The third-order valence-corrected chi connectivity index (χ3v) is 2.62. The molecule has 1 N–H and O–H groups in total. The highest BCUT2D eigenvalue weighted by molar-refractivity contribution is 5.36. The zero-order chi connectivity index (χ0) is 14.7. The van der Waals surface area contributed by atoms with Crippen molar-refractivity contribution in [3.63, 3.8) is 0 Å². The third kappa shape index (κ3) is 2.91. The molecule has 0 spiro atoms. The van der Waals surface area contributed by atoms with Crippen LogP contribution >= 0.6 is 0 Å². The fourth-order valence-electron chi connectivity index (χ4n) is 1.54. The number of aromatic amines is 1. The summed E-state index contributed by atoms with van der Waals surface area (Å²) in [4.78, 5) is 34.8. The maximum Gasteiger partial charge on any atom is 0.328 e. The Morgan fingerprint density at radius 2 is 1.95 bits per heavy atom. The van der Waals surface area contributed by atoms with Crippen molar-refractivity contribution in [1.29, 1.82) is 0 Å². The molecule has 0 amide bonds.